The third-order valence-electron chi connectivity index (χ3n) is 4.87. The molecule has 29 heavy (non-hydrogen) atoms. The zero-order valence-corrected chi connectivity index (χ0v) is 17.5. The minimum Gasteiger partial charge on any atom is -0.350 e. The number of nitrogens with one attached hydrogen (secondary N) is 2. The van der Waals surface area contributed by atoms with Gasteiger partial charge in [0.15, 0.2) is 5.69 Å². The summed E-state index contributed by atoms with van der Waals surface area (Å²) in [6.45, 7) is 8.73. The molecule has 1 aromatic carbocycles. The van der Waals surface area contributed by atoms with Crippen LogP contribution in [0.1, 0.15) is 59.9 Å². The van der Waals surface area contributed by atoms with Gasteiger partial charge in [0.1, 0.15) is 0 Å². The molecule has 0 saturated heterocycles. The molecule has 0 aliphatic heterocycles. The SMILES string of the molecule is CCc1cccc(CC)c1NC(=O)c1nc(C(=O)NCC(C)C)c2ccccn12. The molecule has 6 heteroatoms. The third kappa shape index (κ3) is 4.31. The zero-order chi connectivity index (χ0) is 21.0. The predicted molar refractivity (Wildman–Crippen MR) is 116 cm³/mol. The topological polar surface area (TPSA) is 75.5 Å². The number of anilines is 1. The van der Waals surface area contributed by atoms with Gasteiger partial charge in [-0.2, -0.15) is 0 Å². The first kappa shape index (κ1) is 20.6. The van der Waals surface area contributed by atoms with E-state index in [9.17, 15) is 9.59 Å². The molecule has 6 nitrogen and oxygen atoms in total. The molecule has 3 aromatic rings. The second-order valence-electron chi connectivity index (χ2n) is 7.46. The Morgan fingerprint density at radius 2 is 1.69 bits per heavy atom. The molecule has 2 heterocycles. The standard InChI is InChI=1S/C23H28N4O2/c1-5-16-10-9-11-17(6-2)19(16)26-23(29)21-25-20(22(28)24-14-15(3)4)18-12-7-8-13-27(18)21/h7-13,15H,5-6,14H2,1-4H3,(H,24,28)(H,26,29). The van der Waals surface area contributed by atoms with Gasteiger partial charge in [-0.1, -0.05) is 52.0 Å². The van der Waals surface area contributed by atoms with Gasteiger partial charge in [0, 0.05) is 18.4 Å². The molecule has 0 aliphatic carbocycles. The van der Waals surface area contributed by atoms with E-state index in [1.165, 1.54) is 0 Å². The first-order chi connectivity index (χ1) is 14.0. The number of benzene rings is 1. The Labute approximate surface area is 171 Å². The van der Waals surface area contributed by atoms with Gasteiger partial charge < -0.3 is 10.6 Å². The van der Waals surface area contributed by atoms with Crippen LogP contribution in [0.3, 0.4) is 0 Å². The van der Waals surface area contributed by atoms with E-state index in [0.717, 1.165) is 29.7 Å². The number of aromatic nitrogens is 2. The number of hydrogen-bond acceptors (Lipinski definition) is 3. The molecule has 0 radical (unpaired) electrons. The van der Waals surface area contributed by atoms with E-state index in [4.69, 9.17) is 0 Å². The molecule has 0 saturated carbocycles. The molecule has 3 rings (SSSR count). The molecule has 0 aliphatic rings. The third-order valence-corrected chi connectivity index (χ3v) is 4.87. The van der Waals surface area contributed by atoms with Crippen LogP contribution >= 0.6 is 0 Å². The molecule has 2 N–H and O–H groups in total. The number of para-hydroxylation sites is 1. The van der Waals surface area contributed by atoms with Crippen LogP contribution in [0.2, 0.25) is 0 Å². The van der Waals surface area contributed by atoms with Crippen LogP contribution in [0.4, 0.5) is 5.69 Å². The van der Waals surface area contributed by atoms with E-state index >= 15 is 0 Å². The normalized spacial score (nSPS) is 11.1. The van der Waals surface area contributed by atoms with Gasteiger partial charge in [-0.05, 0) is 42.0 Å². The predicted octanol–water partition coefficient (Wildman–Crippen LogP) is 4.10. The second-order valence-corrected chi connectivity index (χ2v) is 7.46. The minimum absolute atomic E-state index is 0.197. The van der Waals surface area contributed by atoms with Crippen LogP contribution < -0.4 is 10.6 Å². The Hall–Kier alpha value is -3.15. The number of pyridine rings is 1. The van der Waals surface area contributed by atoms with Gasteiger partial charge >= 0.3 is 0 Å². The summed E-state index contributed by atoms with van der Waals surface area (Å²) in [5.41, 5.74) is 3.86. The molecular formula is C23H28N4O2. The fourth-order valence-corrected chi connectivity index (χ4v) is 3.32. The van der Waals surface area contributed by atoms with Crippen molar-refractivity contribution < 1.29 is 9.59 Å². The lowest BCUT2D eigenvalue weighted by Gasteiger charge is -2.14. The van der Waals surface area contributed by atoms with Crippen molar-refractivity contribution in [1.29, 1.82) is 0 Å². The van der Waals surface area contributed by atoms with Gasteiger partial charge in [0.25, 0.3) is 11.8 Å². The number of carbonyl (C=O) groups excluding carboxylic acids is 2. The summed E-state index contributed by atoms with van der Waals surface area (Å²) in [7, 11) is 0. The molecule has 0 fully saturated rings. The van der Waals surface area contributed by atoms with Crippen molar-refractivity contribution in [2.45, 2.75) is 40.5 Å². The number of fused-ring (bicyclic) bond motifs is 1. The molecule has 2 aromatic heterocycles. The summed E-state index contributed by atoms with van der Waals surface area (Å²) < 4.78 is 1.67. The number of nitrogens with zero attached hydrogens (tertiary/aromatic N) is 2. The van der Waals surface area contributed by atoms with Crippen LogP contribution in [-0.4, -0.2) is 27.7 Å². The summed E-state index contributed by atoms with van der Waals surface area (Å²) in [4.78, 5) is 30.2. The summed E-state index contributed by atoms with van der Waals surface area (Å²) >= 11 is 0. The highest BCUT2D eigenvalue weighted by atomic mass is 16.2. The number of rotatable bonds is 7. The van der Waals surface area contributed by atoms with Gasteiger partial charge in [-0.15, -0.1) is 0 Å². The Morgan fingerprint density at radius 3 is 2.31 bits per heavy atom. The maximum atomic E-state index is 13.1. The average molecular weight is 393 g/mol. The first-order valence-corrected chi connectivity index (χ1v) is 10.1. The largest absolute Gasteiger partial charge is 0.350 e. The lowest BCUT2D eigenvalue weighted by atomic mass is 10.0. The summed E-state index contributed by atoms with van der Waals surface area (Å²) in [5, 5.41) is 5.92. The molecule has 0 spiro atoms. The van der Waals surface area contributed by atoms with Crippen molar-refractivity contribution in [3.63, 3.8) is 0 Å². The van der Waals surface area contributed by atoms with E-state index in [2.05, 4.69) is 29.5 Å². The Kier molecular flexibility index (Phi) is 6.32. The van der Waals surface area contributed by atoms with Crippen molar-refractivity contribution >= 4 is 23.0 Å². The van der Waals surface area contributed by atoms with Crippen LogP contribution in [-0.2, 0) is 12.8 Å². The number of aryl methyl sites for hydroxylation is 2. The fraction of sp³-hybridized carbons (Fsp3) is 0.348. The number of carbonyl (C=O) groups is 2. The quantitative estimate of drug-likeness (QED) is 0.636. The van der Waals surface area contributed by atoms with Gasteiger partial charge in [0.2, 0.25) is 5.82 Å². The lowest BCUT2D eigenvalue weighted by Crippen LogP contribution is -2.27. The number of amides is 2. The molecule has 0 unspecified atom stereocenters. The van der Waals surface area contributed by atoms with Gasteiger partial charge in [0.05, 0.1) is 5.52 Å². The van der Waals surface area contributed by atoms with Gasteiger partial charge in [-0.25, -0.2) is 4.98 Å². The van der Waals surface area contributed by atoms with E-state index in [1.54, 1.807) is 16.7 Å². The fourth-order valence-electron chi connectivity index (χ4n) is 3.32. The maximum absolute atomic E-state index is 13.1. The summed E-state index contributed by atoms with van der Waals surface area (Å²) in [6.07, 6.45) is 3.38. The van der Waals surface area contributed by atoms with Crippen LogP contribution in [0, 0.1) is 5.92 Å². The van der Waals surface area contributed by atoms with Crippen molar-refractivity contribution in [1.82, 2.24) is 14.7 Å². The molecular weight excluding hydrogens is 364 g/mol. The summed E-state index contributed by atoms with van der Waals surface area (Å²) in [5.74, 6) is -0.0776. The van der Waals surface area contributed by atoms with Crippen LogP contribution in [0.5, 0.6) is 0 Å². The minimum atomic E-state index is -0.329. The van der Waals surface area contributed by atoms with E-state index in [0.29, 0.717) is 18.0 Å². The maximum Gasteiger partial charge on any atom is 0.292 e. The average Bonchev–Trinajstić information content (AvgIpc) is 3.12. The number of hydrogen-bond donors (Lipinski definition) is 2. The van der Waals surface area contributed by atoms with E-state index < -0.39 is 0 Å². The zero-order valence-electron chi connectivity index (χ0n) is 17.5. The monoisotopic (exact) mass is 392 g/mol. The smallest absolute Gasteiger partial charge is 0.292 e. The number of imidazole rings is 1. The van der Waals surface area contributed by atoms with E-state index in [-0.39, 0.29) is 23.3 Å². The molecule has 2 amide bonds. The first-order valence-electron chi connectivity index (χ1n) is 10.1. The Bertz CT molecular complexity index is 1010. The Balaban J connectivity index is 1.98. The van der Waals surface area contributed by atoms with Crippen molar-refractivity contribution in [3.8, 4) is 0 Å². The van der Waals surface area contributed by atoms with Crippen LogP contribution in [0.15, 0.2) is 42.6 Å². The van der Waals surface area contributed by atoms with Crippen molar-refractivity contribution in [3.05, 3.63) is 65.2 Å². The Morgan fingerprint density at radius 1 is 1.00 bits per heavy atom. The highest BCUT2D eigenvalue weighted by Crippen LogP contribution is 2.24. The van der Waals surface area contributed by atoms with Crippen molar-refractivity contribution in [2.24, 2.45) is 5.92 Å². The van der Waals surface area contributed by atoms with Gasteiger partial charge in [-0.3, -0.25) is 14.0 Å². The van der Waals surface area contributed by atoms with Crippen LogP contribution in [0.25, 0.3) is 5.52 Å². The van der Waals surface area contributed by atoms with E-state index in [1.807, 2.05) is 44.2 Å². The molecule has 0 atom stereocenters. The highest BCUT2D eigenvalue weighted by Gasteiger charge is 2.22. The molecule has 0 bridgehead atoms. The molecule has 152 valence electrons. The lowest BCUT2D eigenvalue weighted by molar-refractivity contribution is 0.0946. The highest BCUT2D eigenvalue weighted by molar-refractivity contribution is 6.06. The summed E-state index contributed by atoms with van der Waals surface area (Å²) in [6, 6.07) is 11.5. The van der Waals surface area contributed by atoms with Crippen molar-refractivity contribution in [2.75, 3.05) is 11.9 Å². The second kappa shape index (κ2) is 8.90.